The minimum Gasteiger partial charge on any atom is -0.396 e. The van der Waals surface area contributed by atoms with Gasteiger partial charge in [-0.05, 0) is 18.6 Å². The van der Waals surface area contributed by atoms with E-state index in [9.17, 15) is 0 Å². The van der Waals surface area contributed by atoms with Crippen molar-refractivity contribution in [2.45, 2.75) is 12.5 Å². The number of aliphatic hydroxyl groups excluding tert-OH is 1. The lowest BCUT2D eigenvalue weighted by Crippen LogP contribution is -2.13. The van der Waals surface area contributed by atoms with Crippen molar-refractivity contribution in [3.63, 3.8) is 0 Å². The molecule has 1 aromatic rings. The highest BCUT2D eigenvalue weighted by atomic mass is 16.3. The van der Waals surface area contributed by atoms with Gasteiger partial charge in [-0.15, -0.1) is 0 Å². The number of aromatic nitrogens is 1. The maximum Gasteiger partial charge on any atom is 0.140 e. The average molecular weight is 177 g/mol. The quantitative estimate of drug-likeness (QED) is 0.697. The molecule has 4 nitrogen and oxygen atoms in total. The maximum atomic E-state index is 8.65. The Morgan fingerprint density at radius 1 is 1.62 bits per heavy atom. The van der Waals surface area contributed by atoms with E-state index < -0.39 is 0 Å². The summed E-state index contributed by atoms with van der Waals surface area (Å²) < 4.78 is 0. The molecule has 0 fully saturated rings. The Hall–Kier alpha value is -1.44. The normalized spacial score (nSPS) is 12.1. The molecule has 4 heteroatoms. The molecular formula is C9H11N3O. The lowest BCUT2D eigenvalue weighted by Gasteiger charge is -2.08. The van der Waals surface area contributed by atoms with E-state index in [-0.39, 0.29) is 12.6 Å². The first-order valence-electron chi connectivity index (χ1n) is 4.01. The molecule has 13 heavy (non-hydrogen) atoms. The van der Waals surface area contributed by atoms with Crippen molar-refractivity contribution < 1.29 is 5.11 Å². The number of nitriles is 1. The summed E-state index contributed by atoms with van der Waals surface area (Å²) in [7, 11) is 0. The van der Waals surface area contributed by atoms with Crippen molar-refractivity contribution in [3.05, 3.63) is 29.6 Å². The van der Waals surface area contributed by atoms with Crippen LogP contribution >= 0.6 is 0 Å². The minimum atomic E-state index is -0.293. The van der Waals surface area contributed by atoms with Gasteiger partial charge in [0.1, 0.15) is 11.8 Å². The fourth-order valence-electron chi connectivity index (χ4n) is 1.01. The van der Waals surface area contributed by atoms with Crippen LogP contribution in [0, 0.1) is 11.3 Å². The molecule has 1 atom stereocenters. The van der Waals surface area contributed by atoms with Gasteiger partial charge in [0, 0.05) is 12.6 Å². The van der Waals surface area contributed by atoms with E-state index in [1.165, 1.54) is 0 Å². The molecule has 0 unspecified atom stereocenters. The van der Waals surface area contributed by atoms with Crippen molar-refractivity contribution in [3.8, 4) is 6.07 Å². The van der Waals surface area contributed by atoms with E-state index in [0.717, 1.165) is 0 Å². The molecule has 0 bridgehead atoms. The second-order valence-corrected chi connectivity index (χ2v) is 2.68. The van der Waals surface area contributed by atoms with Crippen LogP contribution in [0.5, 0.6) is 0 Å². The van der Waals surface area contributed by atoms with Gasteiger partial charge in [0.25, 0.3) is 0 Å². The van der Waals surface area contributed by atoms with Crippen LogP contribution in [0.25, 0.3) is 0 Å². The van der Waals surface area contributed by atoms with Crippen LogP contribution in [-0.2, 0) is 0 Å². The van der Waals surface area contributed by atoms with Crippen LogP contribution < -0.4 is 5.73 Å². The summed E-state index contributed by atoms with van der Waals surface area (Å²) in [5.41, 5.74) is 6.70. The molecule has 0 spiro atoms. The van der Waals surface area contributed by atoms with Gasteiger partial charge in [0.15, 0.2) is 0 Å². The smallest absolute Gasteiger partial charge is 0.140 e. The number of pyridine rings is 1. The van der Waals surface area contributed by atoms with E-state index in [1.54, 1.807) is 18.2 Å². The molecule has 0 saturated heterocycles. The van der Waals surface area contributed by atoms with Gasteiger partial charge in [-0.25, -0.2) is 4.98 Å². The summed E-state index contributed by atoms with van der Waals surface area (Å²) in [6, 6.07) is 6.75. The highest BCUT2D eigenvalue weighted by Crippen LogP contribution is 2.10. The fraction of sp³-hybridized carbons (Fsp3) is 0.333. The number of nitrogens with zero attached hydrogens (tertiary/aromatic N) is 2. The monoisotopic (exact) mass is 177 g/mol. The van der Waals surface area contributed by atoms with E-state index >= 15 is 0 Å². The molecule has 0 aliphatic rings. The standard InChI is InChI=1S/C9H11N3O/c10-6-7-2-1-3-9(12-7)8(11)4-5-13/h1-3,8,13H,4-5,11H2/t8-/m1/s1. The van der Waals surface area contributed by atoms with Crippen LogP contribution in [0.1, 0.15) is 23.9 Å². The van der Waals surface area contributed by atoms with Crippen molar-refractivity contribution in [2.75, 3.05) is 6.61 Å². The van der Waals surface area contributed by atoms with Crippen LogP contribution in [0.4, 0.5) is 0 Å². The Morgan fingerprint density at radius 3 is 3.00 bits per heavy atom. The first kappa shape index (κ1) is 9.65. The van der Waals surface area contributed by atoms with E-state index in [0.29, 0.717) is 17.8 Å². The molecule has 1 heterocycles. The molecule has 0 amide bonds. The zero-order chi connectivity index (χ0) is 9.68. The number of nitrogens with two attached hydrogens (primary N) is 1. The first-order valence-corrected chi connectivity index (χ1v) is 4.01. The third-order valence-electron chi connectivity index (χ3n) is 1.71. The second kappa shape index (κ2) is 4.55. The van der Waals surface area contributed by atoms with Crippen LogP contribution in [-0.4, -0.2) is 16.7 Å². The van der Waals surface area contributed by atoms with Crippen molar-refractivity contribution in [1.29, 1.82) is 5.26 Å². The number of rotatable bonds is 3. The van der Waals surface area contributed by atoms with E-state index in [4.69, 9.17) is 16.1 Å². The summed E-state index contributed by atoms with van der Waals surface area (Å²) in [4.78, 5) is 4.01. The van der Waals surface area contributed by atoms with Gasteiger partial charge >= 0.3 is 0 Å². The predicted octanol–water partition coefficient (Wildman–Crippen LogP) is 0.335. The Morgan fingerprint density at radius 2 is 2.38 bits per heavy atom. The summed E-state index contributed by atoms with van der Waals surface area (Å²) >= 11 is 0. The molecule has 1 aromatic heterocycles. The third-order valence-corrected chi connectivity index (χ3v) is 1.71. The van der Waals surface area contributed by atoms with Gasteiger partial charge in [-0.2, -0.15) is 5.26 Å². The summed E-state index contributed by atoms with van der Waals surface area (Å²) in [6.07, 6.45) is 0.460. The fourth-order valence-corrected chi connectivity index (χ4v) is 1.01. The maximum absolute atomic E-state index is 8.65. The lowest BCUT2D eigenvalue weighted by atomic mass is 10.1. The molecule has 0 aliphatic carbocycles. The van der Waals surface area contributed by atoms with Crippen molar-refractivity contribution >= 4 is 0 Å². The Kier molecular flexibility index (Phi) is 3.38. The van der Waals surface area contributed by atoms with Crippen LogP contribution in [0.15, 0.2) is 18.2 Å². The Balaban J connectivity index is 2.83. The predicted molar refractivity (Wildman–Crippen MR) is 47.6 cm³/mol. The molecule has 0 aromatic carbocycles. The van der Waals surface area contributed by atoms with Gasteiger partial charge in [0.2, 0.25) is 0 Å². The van der Waals surface area contributed by atoms with Crippen molar-refractivity contribution in [1.82, 2.24) is 4.98 Å². The van der Waals surface area contributed by atoms with Gasteiger partial charge < -0.3 is 10.8 Å². The summed E-state index contributed by atoms with van der Waals surface area (Å²) in [6.45, 7) is 0.0274. The molecule has 1 rings (SSSR count). The molecule has 0 saturated carbocycles. The topological polar surface area (TPSA) is 82.9 Å². The number of aliphatic hydroxyl groups is 1. The molecular weight excluding hydrogens is 166 g/mol. The van der Waals surface area contributed by atoms with E-state index in [2.05, 4.69) is 4.98 Å². The molecule has 68 valence electrons. The largest absolute Gasteiger partial charge is 0.396 e. The summed E-state index contributed by atoms with van der Waals surface area (Å²) in [5, 5.41) is 17.2. The van der Waals surface area contributed by atoms with Gasteiger partial charge in [0.05, 0.1) is 5.69 Å². The zero-order valence-electron chi connectivity index (χ0n) is 7.14. The Labute approximate surface area is 76.6 Å². The SMILES string of the molecule is N#Cc1cccc([C@H](N)CCO)n1. The summed E-state index contributed by atoms with van der Waals surface area (Å²) in [5.74, 6) is 0. The van der Waals surface area contributed by atoms with Gasteiger partial charge in [-0.1, -0.05) is 6.07 Å². The first-order chi connectivity index (χ1) is 6.27. The minimum absolute atomic E-state index is 0.0274. The lowest BCUT2D eigenvalue weighted by molar-refractivity contribution is 0.275. The molecule has 3 N–H and O–H groups in total. The van der Waals surface area contributed by atoms with Crippen LogP contribution in [0.3, 0.4) is 0 Å². The van der Waals surface area contributed by atoms with E-state index in [1.807, 2.05) is 6.07 Å². The number of hydrogen-bond donors (Lipinski definition) is 2. The zero-order valence-corrected chi connectivity index (χ0v) is 7.14. The van der Waals surface area contributed by atoms with Crippen LogP contribution in [0.2, 0.25) is 0 Å². The average Bonchev–Trinajstić information content (AvgIpc) is 2.18. The number of hydrogen-bond acceptors (Lipinski definition) is 4. The highest BCUT2D eigenvalue weighted by Gasteiger charge is 2.06. The molecule has 0 aliphatic heterocycles. The van der Waals surface area contributed by atoms with Gasteiger partial charge in [-0.3, -0.25) is 0 Å². The highest BCUT2D eigenvalue weighted by molar-refractivity contribution is 5.23. The third kappa shape index (κ3) is 2.51. The molecule has 0 radical (unpaired) electrons. The Bertz CT molecular complexity index is 319. The second-order valence-electron chi connectivity index (χ2n) is 2.68. The van der Waals surface area contributed by atoms with Crippen molar-refractivity contribution in [2.24, 2.45) is 5.73 Å².